The second-order valence-corrected chi connectivity index (χ2v) is 4.16. The second-order valence-electron chi connectivity index (χ2n) is 4.16. The van der Waals surface area contributed by atoms with Gasteiger partial charge in [-0.25, -0.2) is 0 Å². The molecule has 104 valence electrons. The van der Waals surface area contributed by atoms with E-state index in [0.717, 1.165) is 5.56 Å². The van der Waals surface area contributed by atoms with Crippen molar-refractivity contribution in [2.45, 2.75) is 6.04 Å². The summed E-state index contributed by atoms with van der Waals surface area (Å²) in [6.07, 6.45) is 8.18. The maximum absolute atomic E-state index is 11.4. The lowest BCUT2D eigenvalue weighted by atomic mass is 10.1. The van der Waals surface area contributed by atoms with E-state index >= 15 is 0 Å². The van der Waals surface area contributed by atoms with Crippen molar-refractivity contribution in [3.8, 4) is 5.75 Å². The van der Waals surface area contributed by atoms with Gasteiger partial charge in [0.15, 0.2) is 0 Å². The molecule has 0 spiro atoms. The molecule has 1 fully saturated rings. The summed E-state index contributed by atoms with van der Waals surface area (Å²) in [5.74, 6) is 1.01. The smallest absolute Gasteiger partial charge is 0.246 e. The van der Waals surface area contributed by atoms with Crippen molar-refractivity contribution >= 4 is 5.91 Å². The Balaban J connectivity index is 2.25. The SMILES string of the molecule is C=C/C=C(\C=C)Oc1ccncc1C1COCC(=O)N1. The zero-order valence-electron chi connectivity index (χ0n) is 11.0. The summed E-state index contributed by atoms with van der Waals surface area (Å²) < 4.78 is 11.0. The van der Waals surface area contributed by atoms with Crippen molar-refractivity contribution in [1.29, 1.82) is 0 Å². The molecule has 0 aliphatic carbocycles. The quantitative estimate of drug-likeness (QED) is 0.657. The molecule has 0 radical (unpaired) electrons. The Morgan fingerprint density at radius 1 is 1.55 bits per heavy atom. The minimum Gasteiger partial charge on any atom is -0.457 e. The molecule has 0 aromatic carbocycles. The van der Waals surface area contributed by atoms with E-state index < -0.39 is 0 Å². The largest absolute Gasteiger partial charge is 0.457 e. The first-order chi connectivity index (χ1) is 9.74. The summed E-state index contributed by atoms with van der Waals surface area (Å²) in [4.78, 5) is 15.5. The number of hydrogen-bond acceptors (Lipinski definition) is 4. The Morgan fingerprint density at radius 3 is 3.10 bits per heavy atom. The number of carbonyl (C=O) groups excluding carboxylic acids is 1. The summed E-state index contributed by atoms with van der Waals surface area (Å²) in [7, 11) is 0. The second kappa shape index (κ2) is 6.68. The molecule has 20 heavy (non-hydrogen) atoms. The van der Waals surface area contributed by atoms with Crippen LogP contribution in [-0.4, -0.2) is 24.1 Å². The molecule has 1 aromatic rings. The fraction of sp³-hybridized carbons (Fsp3) is 0.200. The topological polar surface area (TPSA) is 60.5 Å². The number of amides is 1. The molecule has 1 unspecified atom stereocenters. The van der Waals surface area contributed by atoms with Gasteiger partial charge in [0.2, 0.25) is 5.91 Å². The van der Waals surface area contributed by atoms with E-state index in [0.29, 0.717) is 18.1 Å². The van der Waals surface area contributed by atoms with Crippen LogP contribution in [0, 0.1) is 0 Å². The van der Waals surface area contributed by atoms with Gasteiger partial charge in [0.05, 0.1) is 12.6 Å². The highest BCUT2D eigenvalue weighted by Gasteiger charge is 2.23. The lowest BCUT2D eigenvalue weighted by molar-refractivity contribution is -0.131. The summed E-state index contributed by atoms with van der Waals surface area (Å²) >= 11 is 0. The number of allylic oxidation sites excluding steroid dienone is 3. The van der Waals surface area contributed by atoms with E-state index in [1.54, 1.807) is 36.7 Å². The molecule has 1 atom stereocenters. The lowest BCUT2D eigenvalue weighted by Gasteiger charge is -2.25. The van der Waals surface area contributed by atoms with E-state index in [2.05, 4.69) is 23.5 Å². The predicted molar refractivity (Wildman–Crippen MR) is 75.0 cm³/mol. The average molecular weight is 272 g/mol. The molecule has 1 aromatic heterocycles. The van der Waals surface area contributed by atoms with Crippen LogP contribution >= 0.6 is 0 Å². The van der Waals surface area contributed by atoms with Crippen molar-refractivity contribution in [1.82, 2.24) is 10.3 Å². The Hall–Kier alpha value is -2.40. The number of hydrogen-bond donors (Lipinski definition) is 1. The van der Waals surface area contributed by atoms with Crippen molar-refractivity contribution in [3.05, 3.63) is 61.2 Å². The Kier molecular flexibility index (Phi) is 4.68. The van der Waals surface area contributed by atoms with E-state index in [9.17, 15) is 4.79 Å². The first kappa shape index (κ1) is 14.0. The van der Waals surface area contributed by atoms with Gasteiger partial charge < -0.3 is 14.8 Å². The third-order valence-electron chi connectivity index (χ3n) is 2.75. The van der Waals surface area contributed by atoms with E-state index in [4.69, 9.17) is 9.47 Å². The monoisotopic (exact) mass is 272 g/mol. The first-order valence-electron chi connectivity index (χ1n) is 6.18. The van der Waals surface area contributed by atoms with Crippen LogP contribution in [-0.2, 0) is 9.53 Å². The van der Waals surface area contributed by atoms with Crippen molar-refractivity contribution in [2.24, 2.45) is 0 Å². The molecule has 1 N–H and O–H groups in total. The number of pyridine rings is 1. The normalized spacial score (nSPS) is 19.1. The van der Waals surface area contributed by atoms with Gasteiger partial charge >= 0.3 is 0 Å². The average Bonchev–Trinajstić information content (AvgIpc) is 2.47. The van der Waals surface area contributed by atoms with Gasteiger partial charge in [-0.3, -0.25) is 9.78 Å². The third kappa shape index (κ3) is 3.33. The molecule has 2 rings (SSSR count). The molecule has 1 saturated heterocycles. The van der Waals surface area contributed by atoms with Crippen molar-refractivity contribution < 1.29 is 14.3 Å². The standard InChI is InChI=1S/C15H16N2O3/c1-3-5-11(4-2)20-14-6-7-16-8-12(14)13-9-19-10-15(18)17-13/h3-8,13H,1-2,9-10H2,(H,17,18)/b11-5+. The summed E-state index contributed by atoms with van der Waals surface area (Å²) in [5, 5.41) is 2.85. The van der Waals surface area contributed by atoms with E-state index in [-0.39, 0.29) is 18.6 Å². The molecular formula is C15H16N2O3. The lowest BCUT2D eigenvalue weighted by Crippen LogP contribution is -2.39. The summed E-state index contributed by atoms with van der Waals surface area (Å²) in [5.41, 5.74) is 0.761. The number of rotatable bonds is 5. The molecule has 1 aliphatic heterocycles. The highest BCUT2D eigenvalue weighted by molar-refractivity contribution is 5.78. The zero-order chi connectivity index (χ0) is 14.4. The molecule has 1 amide bonds. The van der Waals surface area contributed by atoms with E-state index in [1.807, 2.05) is 0 Å². The Morgan fingerprint density at radius 2 is 2.40 bits per heavy atom. The molecule has 0 bridgehead atoms. The third-order valence-corrected chi connectivity index (χ3v) is 2.75. The minimum absolute atomic E-state index is 0.0846. The number of morpholine rings is 1. The number of nitrogens with zero attached hydrogens (tertiary/aromatic N) is 1. The highest BCUT2D eigenvalue weighted by atomic mass is 16.5. The molecule has 1 aliphatic rings. The van der Waals surface area contributed by atoms with Gasteiger partial charge in [-0.05, 0) is 18.2 Å². The first-order valence-corrected chi connectivity index (χ1v) is 6.18. The van der Waals surface area contributed by atoms with Gasteiger partial charge in [0, 0.05) is 18.0 Å². The van der Waals surface area contributed by atoms with E-state index in [1.165, 1.54) is 0 Å². The van der Waals surface area contributed by atoms with Crippen LogP contribution in [0.2, 0.25) is 0 Å². The molecule has 5 nitrogen and oxygen atoms in total. The van der Waals surface area contributed by atoms with Gasteiger partial charge in [-0.2, -0.15) is 0 Å². The zero-order valence-corrected chi connectivity index (χ0v) is 11.0. The van der Waals surface area contributed by atoms with Gasteiger partial charge in [-0.1, -0.05) is 19.2 Å². The van der Waals surface area contributed by atoms with Crippen LogP contribution in [0.4, 0.5) is 0 Å². The number of nitrogens with one attached hydrogen (secondary N) is 1. The fourth-order valence-corrected chi connectivity index (χ4v) is 1.85. The van der Waals surface area contributed by atoms with Gasteiger partial charge in [0.25, 0.3) is 0 Å². The summed E-state index contributed by atoms with van der Waals surface area (Å²) in [6.45, 7) is 7.77. The van der Waals surface area contributed by atoms with Crippen LogP contribution in [0.3, 0.4) is 0 Å². The number of aromatic nitrogens is 1. The molecule has 5 heteroatoms. The fourth-order valence-electron chi connectivity index (χ4n) is 1.85. The van der Waals surface area contributed by atoms with Crippen LogP contribution in [0.15, 0.2) is 55.6 Å². The Labute approximate surface area is 117 Å². The van der Waals surface area contributed by atoms with Crippen LogP contribution in [0.25, 0.3) is 0 Å². The van der Waals surface area contributed by atoms with Crippen molar-refractivity contribution in [2.75, 3.05) is 13.2 Å². The van der Waals surface area contributed by atoms with Crippen LogP contribution < -0.4 is 10.1 Å². The molecule has 0 saturated carbocycles. The van der Waals surface area contributed by atoms with Crippen LogP contribution in [0.5, 0.6) is 5.75 Å². The number of ether oxygens (including phenoxy) is 2. The molecule has 2 heterocycles. The predicted octanol–water partition coefficient (Wildman–Crippen LogP) is 1.90. The maximum atomic E-state index is 11.4. The maximum Gasteiger partial charge on any atom is 0.246 e. The number of carbonyl (C=O) groups is 1. The Bertz CT molecular complexity index is 552. The minimum atomic E-state index is -0.269. The van der Waals surface area contributed by atoms with Crippen LogP contribution in [0.1, 0.15) is 11.6 Å². The highest BCUT2D eigenvalue weighted by Crippen LogP contribution is 2.27. The van der Waals surface area contributed by atoms with Crippen molar-refractivity contribution in [3.63, 3.8) is 0 Å². The molecular weight excluding hydrogens is 256 g/mol. The van der Waals surface area contributed by atoms with Gasteiger partial charge in [-0.15, -0.1) is 0 Å². The summed E-state index contributed by atoms with van der Waals surface area (Å²) in [6, 6.07) is 1.46. The van der Waals surface area contributed by atoms with Gasteiger partial charge in [0.1, 0.15) is 18.1 Å².